The zero-order chi connectivity index (χ0) is 15.8. The summed E-state index contributed by atoms with van der Waals surface area (Å²) in [5.41, 5.74) is 1.89. The Balaban J connectivity index is -0.000000214. The maximum absolute atomic E-state index is 9.98. The fourth-order valence-electron chi connectivity index (χ4n) is 0.717. The lowest BCUT2D eigenvalue weighted by Crippen LogP contribution is -1.98. The molecule has 2 nitrogen and oxygen atoms in total. The number of benzene rings is 1. The van der Waals surface area contributed by atoms with Crippen molar-refractivity contribution in [2.75, 3.05) is 0 Å². The molecule has 0 spiro atoms. The van der Waals surface area contributed by atoms with Gasteiger partial charge < -0.3 is 5.11 Å². The molecule has 0 saturated carbocycles. The lowest BCUT2D eigenvalue weighted by Gasteiger charge is -1.93. The molecule has 108 valence electrons. The van der Waals surface area contributed by atoms with E-state index in [1.807, 2.05) is 45.9 Å². The van der Waals surface area contributed by atoms with Crippen molar-refractivity contribution in [3.8, 4) is 0 Å². The Morgan fingerprint density at radius 2 is 1.37 bits per heavy atom. The summed E-state index contributed by atoms with van der Waals surface area (Å²) in [6.07, 6.45) is 0. The van der Waals surface area contributed by atoms with E-state index < -0.39 is 5.97 Å². The van der Waals surface area contributed by atoms with E-state index in [4.69, 9.17) is 5.11 Å². The van der Waals surface area contributed by atoms with Crippen LogP contribution in [0.1, 0.15) is 40.2 Å². The molecule has 0 atom stereocenters. The molecule has 1 aromatic carbocycles. The van der Waals surface area contributed by atoms with E-state index in [-0.39, 0.29) is 5.57 Å². The van der Waals surface area contributed by atoms with Crippen LogP contribution in [0.25, 0.3) is 0 Å². The van der Waals surface area contributed by atoms with Crippen molar-refractivity contribution in [2.24, 2.45) is 0 Å². The highest BCUT2D eigenvalue weighted by Crippen LogP contribution is 2.01. The van der Waals surface area contributed by atoms with Gasteiger partial charge in [-0.15, -0.1) is 0 Å². The third kappa shape index (κ3) is 16.2. The summed E-state index contributed by atoms with van der Waals surface area (Å²) in [7, 11) is 0. The molecule has 1 aromatic rings. The number of hydrogen-bond donors (Lipinski definition) is 1. The lowest BCUT2D eigenvalue weighted by molar-refractivity contribution is -0.132. The van der Waals surface area contributed by atoms with Gasteiger partial charge in [0, 0.05) is 0 Å². The smallest absolute Gasteiger partial charge is 0.335 e. The first-order valence-corrected chi connectivity index (χ1v) is 6.55. The largest absolute Gasteiger partial charge is 0.478 e. The highest BCUT2D eigenvalue weighted by Gasteiger charge is 2.01. The molecule has 0 aliphatic heterocycles. The van der Waals surface area contributed by atoms with Gasteiger partial charge in [0.1, 0.15) is 0 Å². The van der Waals surface area contributed by atoms with Crippen LogP contribution in [0.4, 0.5) is 0 Å². The van der Waals surface area contributed by atoms with Crippen molar-refractivity contribution < 1.29 is 9.90 Å². The fourth-order valence-corrected chi connectivity index (χ4v) is 0.717. The van der Waals surface area contributed by atoms with Crippen LogP contribution in [0.2, 0.25) is 0 Å². The van der Waals surface area contributed by atoms with E-state index >= 15 is 0 Å². The van der Waals surface area contributed by atoms with Crippen molar-refractivity contribution in [1.82, 2.24) is 0 Å². The standard InChI is InChI=1S/C7H8.C6H8O2.2C2H6/c1-7-5-3-2-4-6-7;1-4(2)5(3)6(7)8;2*1-2/h2-6H,1H3;1,3H2,2H3,(H,7,8);2*1-2H3. The van der Waals surface area contributed by atoms with E-state index in [9.17, 15) is 4.79 Å². The number of hydrogen-bond acceptors (Lipinski definition) is 1. The summed E-state index contributed by atoms with van der Waals surface area (Å²) in [5, 5.41) is 8.19. The van der Waals surface area contributed by atoms with Gasteiger partial charge in [-0.3, -0.25) is 0 Å². The average molecular weight is 264 g/mol. The molecule has 0 radical (unpaired) electrons. The molecule has 0 aliphatic rings. The van der Waals surface area contributed by atoms with Crippen molar-refractivity contribution in [1.29, 1.82) is 0 Å². The predicted octanol–water partition coefficient (Wildman–Crippen LogP) is 5.25. The van der Waals surface area contributed by atoms with Gasteiger partial charge >= 0.3 is 5.97 Å². The van der Waals surface area contributed by atoms with Gasteiger partial charge in [0.2, 0.25) is 0 Å². The number of carbonyl (C=O) groups is 1. The summed E-state index contributed by atoms with van der Waals surface area (Å²) in [6, 6.07) is 10.3. The normalized spacial score (nSPS) is 7.26. The average Bonchev–Trinajstić information content (AvgIpc) is 2.43. The molecule has 0 unspecified atom stereocenters. The molecule has 19 heavy (non-hydrogen) atoms. The Morgan fingerprint density at radius 3 is 1.47 bits per heavy atom. The van der Waals surface area contributed by atoms with Crippen LogP contribution >= 0.6 is 0 Å². The fraction of sp³-hybridized carbons (Fsp3) is 0.353. The minimum absolute atomic E-state index is 0.0741. The van der Waals surface area contributed by atoms with Crippen molar-refractivity contribution >= 4 is 5.97 Å². The molecule has 2 heteroatoms. The molecule has 0 fully saturated rings. The highest BCUT2D eigenvalue weighted by molar-refractivity contribution is 5.90. The molecule has 1 rings (SSSR count). The number of aryl methyl sites for hydroxylation is 1. The first kappa shape index (κ1) is 22.4. The SMILES string of the molecule is C=C(C)C(=C)C(=O)O.CC.CC.Cc1ccccc1. The van der Waals surface area contributed by atoms with Gasteiger partial charge in [-0.1, -0.05) is 76.7 Å². The van der Waals surface area contributed by atoms with Crippen LogP contribution in [0.15, 0.2) is 54.6 Å². The Morgan fingerprint density at radius 1 is 1.00 bits per heavy atom. The lowest BCUT2D eigenvalue weighted by atomic mass is 10.2. The van der Waals surface area contributed by atoms with Crippen LogP contribution in [-0.4, -0.2) is 11.1 Å². The van der Waals surface area contributed by atoms with Gasteiger partial charge in [-0.25, -0.2) is 4.79 Å². The summed E-state index contributed by atoms with van der Waals surface area (Å²) in [4.78, 5) is 9.98. The van der Waals surface area contributed by atoms with E-state index in [0.29, 0.717) is 5.57 Å². The van der Waals surface area contributed by atoms with E-state index in [0.717, 1.165) is 0 Å². The predicted molar refractivity (Wildman–Crippen MR) is 85.5 cm³/mol. The Hall–Kier alpha value is -1.83. The van der Waals surface area contributed by atoms with Crippen LogP contribution in [0.5, 0.6) is 0 Å². The second-order valence-corrected chi connectivity index (χ2v) is 3.22. The summed E-state index contributed by atoms with van der Waals surface area (Å²) in [5.74, 6) is -1.00. The van der Waals surface area contributed by atoms with Crippen molar-refractivity contribution in [3.63, 3.8) is 0 Å². The summed E-state index contributed by atoms with van der Waals surface area (Å²) in [6.45, 7) is 18.3. The molecule has 0 amide bonds. The zero-order valence-electron chi connectivity index (χ0n) is 13.2. The minimum Gasteiger partial charge on any atom is -0.478 e. The van der Waals surface area contributed by atoms with Crippen molar-refractivity contribution in [2.45, 2.75) is 41.5 Å². The van der Waals surface area contributed by atoms with Gasteiger partial charge in [0.25, 0.3) is 0 Å². The number of aliphatic carboxylic acids is 1. The molecule has 0 heterocycles. The summed E-state index contributed by atoms with van der Waals surface area (Å²) >= 11 is 0. The molecule has 0 saturated heterocycles. The molecule has 0 bridgehead atoms. The Labute approximate surface area is 118 Å². The molecule has 0 aromatic heterocycles. The highest BCUT2D eigenvalue weighted by atomic mass is 16.4. The number of carboxylic acids is 1. The number of rotatable bonds is 2. The van der Waals surface area contributed by atoms with Crippen LogP contribution in [0.3, 0.4) is 0 Å². The van der Waals surface area contributed by atoms with E-state index in [1.54, 1.807) is 6.92 Å². The van der Waals surface area contributed by atoms with E-state index in [2.05, 4.69) is 32.2 Å². The summed E-state index contributed by atoms with van der Waals surface area (Å²) < 4.78 is 0. The van der Waals surface area contributed by atoms with Gasteiger partial charge in [-0.2, -0.15) is 0 Å². The van der Waals surface area contributed by atoms with Gasteiger partial charge in [0.15, 0.2) is 0 Å². The zero-order valence-corrected chi connectivity index (χ0v) is 13.2. The first-order chi connectivity index (χ1) is 8.95. The quantitative estimate of drug-likeness (QED) is 0.585. The molecular formula is C17H28O2. The Kier molecular flexibility index (Phi) is 19.0. The van der Waals surface area contributed by atoms with Crippen LogP contribution in [0, 0.1) is 6.92 Å². The Bertz CT molecular complexity index is 335. The van der Waals surface area contributed by atoms with Gasteiger partial charge in [-0.05, 0) is 19.4 Å². The molecule has 0 aliphatic carbocycles. The molecule has 1 N–H and O–H groups in total. The monoisotopic (exact) mass is 264 g/mol. The van der Waals surface area contributed by atoms with Gasteiger partial charge in [0.05, 0.1) is 5.57 Å². The maximum Gasteiger partial charge on any atom is 0.335 e. The van der Waals surface area contributed by atoms with Crippen LogP contribution < -0.4 is 0 Å². The third-order valence-corrected chi connectivity index (χ3v) is 1.71. The molecular weight excluding hydrogens is 236 g/mol. The third-order valence-electron chi connectivity index (χ3n) is 1.71. The van der Waals surface area contributed by atoms with Crippen LogP contribution in [-0.2, 0) is 4.79 Å². The second-order valence-electron chi connectivity index (χ2n) is 3.22. The van der Waals surface area contributed by atoms with E-state index in [1.165, 1.54) is 5.56 Å². The maximum atomic E-state index is 9.98. The van der Waals surface area contributed by atoms with Crippen molar-refractivity contribution in [3.05, 3.63) is 60.2 Å². The minimum atomic E-state index is -1.00. The first-order valence-electron chi connectivity index (χ1n) is 6.55. The second kappa shape index (κ2) is 16.2. The number of carboxylic acid groups (broad SMARTS) is 1. The topological polar surface area (TPSA) is 37.3 Å².